The van der Waals surface area contributed by atoms with Gasteiger partial charge in [0, 0.05) is 13.0 Å². The Morgan fingerprint density at radius 3 is 2.44 bits per heavy atom. The van der Waals surface area contributed by atoms with Gasteiger partial charge in [0.25, 0.3) is 0 Å². The molecule has 0 radical (unpaired) electrons. The maximum Gasteiger partial charge on any atom is 0.220 e. The van der Waals surface area contributed by atoms with Crippen molar-refractivity contribution in [1.29, 1.82) is 0 Å². The first-order valence-corrected chi connectivity index (χ1v) is 7.05. The maximum atomic E-state index is 11.4. The summed E-state index contributed by atoms with van der Waals surface area (Å²) in [5, 5.41) is 2.98. The highest BCUT2D eigenvalue weighted by molar-refractivity contribution is 6.20. The van der Waals surface area contributed by atoms with Gasteiger partial charge in [-0.15, -0.1) is 11.6 Å². The number of rotatable bonds is 10. The lowest BCUT2D eigenvalue weighted by Gasteiger charge is -2.09. The van der Waals surface area contributed by atoms with Crippen molar-refractivity contribution in [3.8, 4) is 0 Å². The summed E-state index contributed by atoms with van der Waals surface area (Å²) in [7, 11) is 0. The lowest BCUT2D eigenvalue weighted by atomic mass is 10.1. The molecule has 1 unspecified atom stereocenters. The molecule has 1 atom stereocenters. The van der Waals surface area contributed by atoms with Crippen molar-refractivity contribution in [2.24, 2.45) is 0 Å². The fourth-order valence-electron chi connectivity index (χ4n) is 1.62. The highest BCUT2D eigenvalue weighted by atomic mass is 35.5. The molecule has 0 heterocycles. The smallest absolute Gasteiger partial charge is 0.220 e. The summed E-state index contributed by atoms with van der Waals surface area (Å²) in [4.78, 5) is 11.4. The molecule has 0 bridgehead atoms. The Labute approximate surface area is 105 Å². The Kier molecular flexibility index (Phi) is 11.1. The number of hydrogen-bond acceptors (Lipinski definition) is 1. The van der Waals surface area contributed by atoms with Crippen LogP contribution in [0.2, 0.25) is 0 Å². The van der Waals surface area contributed by atoms with E-state index in [1.165, 1.54) is 25.7 Å². The Hall–Kier alpha value is -0.240. The Morgan fingerprint density at radius 2 is 1.81 bits per heavy atom. The third-order valence-corrected chi connectivity index (χ3v) is 3.00. The molecule has 0 aromatic heterocycles. The molecule has 0 aliphatic carbocycles. The number of hydrogen-bond donors (Lipinski definition) is 1. The Morgan fingerprint density at radius 1 is 1.12 bits per heavy atom. The van der Waals surface area contributed by atoms with Crippen LogP contribution in [0.3, 0.4) is 0 Å². The number of nitrogens with one attached hydrogen (secondary N) is 1. The minimum atomic E-state index is 0.0917. The van der Waals surface area contributed by atoms with Crippen molar-refractivity contribution >= 4 is 17.5 Å². The molecule has 0 saturated carbocycles. The van der Waals surface area contributed by atoms with E-state index in [0.29, 0.717) is 13.0 Å². The van der Waals surface area contributed by atoms with Crippen LogP contribution in [-0.4, -0.2) is 17.8 Å². The predicted molar refractivity (Wildman–Crippen MR) is 70.9 cm³/mol. The summed E-state index contributed by atoms with van der Waals surface area (Å²) in [5.74, 6) is 0.151. The van der Waals surface area contributed by atoms with Gasteiger partial charge in [-0.25, -0.2) is 0 Å². The monoisotopic (exact) mass is 247 g/mol. The average molecular weight is 248 g/mol. The van der Waals surface area contributed by atoms with Gasteiger partial charge in [0.05, 0.1) is 5.38 Å². The molecule has 1 N–H and O–H groups in total. The molecule has 96 valence electrons. The standard InChI is InChI=1S/C13H26ClNO/c1-3-5-6-7-8-10-13(16)15-11-12(14)9-4-2/h12H,3-11H2,1-2H3,(H,15,16). The molecular formula is C13H26ClNO. The second-order valence-corrected chi connectivity index (χ2v) is 4.97. The maximum absolute atomic E-state index is 11.4. The van der Waals surface area contributed by atoms with Crippen LogP contribution in [0.5, 0.6) is 0 Å². The molecule has 0 fully saturated rings. The van der Waals surface area contributed by atoms with Crippen LogP contribution in [0.1, 0.15) is 65.2 Å². The Balaban J connectivity index is 3.30. The summed E-state index contributed by atoms with van der Waals surface area (Å²) in [6.07, 6.45) is 8.64. The molecule has 0 spiro atoms. The Bertz CT molecular complexity index is 173. The summed E-state index contributed by atoms with van der Waals surface area (Å²) in [6.45, 7) is 4.91. The van der Waals surface area contributed by atoms with Crippen molar-refractivity contribution in [1.82, 2.24) is 5.32 Å². The first kappa shape index (κ1) is 15.8. The SMILES string of the molecule is CCCCCCCC(=O)NCC(Cl)CCC. The van der Waals surface area contributed by atoms with Crippen LogP contribution in [-0.2, 0) is 4.79 Å². The van der Waals surface area contributed by atoms with E-state index < -0.39 is 0 Å². The van der Waals surface area contributed by atoms with E-state index in [-0.39, 0.29) is 11.3 Å². The topological polar surface area (TPSA) is 29.1 Å². The van der Waals surface area contributed by atoms with Crippen molar-refractivity contribution in [2.45, 2.75) is 70.6 Å². The third kappa shape index (κ3) is 10.3. The van der Waals surface area contributed by atoms with Crippen LogP contribution in [0.4, 0.5) is 0 Å². The molecule has 0 aromatic rings. The first-order chi connectivity index (χ1) is 7.70. The van der Waals surface area contributed by atoms with Crippen LogP contribution in [0, 0.1) is 0 Å². The van der Waals surface area contributed by atoms with E-state index in [1.807, 2.05) is 0 Å². The van der Waals surface area contributed by atoms with Crippen molar-refractivity contribution in [3.05, 3.63) is 0 Å². The summed E-state index contributed by atoms with van der Waals surface area (Å²) in [5.41, 5.74) is 0. The molecular weight excluding hydrogens is 222 g/mol. The number of carbonyl (C=O) groups excluding carboxylic acids is 1. The second kappa shape index (κ2) is 11.3. The van der Waals surface area contributed by atoms with Crippen molar-refractivity contribution in [2.75, 3.05) is 6.54 Å². The van der Waals surface area contributed by atoms with E-state index in [0.717, 1.165) is 19.3 Å². The average Bonchev–Trinajstić information content (AvgIpc) is 2.26. The van der Waals surface area contributed by atoms with Crippen LogP contribution >= 0.6 is 11.6 Å². The number of halogens is 1. The summed E-state index contributed by atoms with van der Waals surface area (Å²) in [6, 6.07) is 0. The molecule has 0 saturated heterocycles. The quantitative estimate of drug-likeness (QED) is 0.461. The van der Waals surface area contributed by atoms with Gasteiger partial charge in [0.1, 0.15) is 0 Å². The fourth-order valence-corrected chi connectivity index (χ4v) is 1.91. The molecule has 1 amide bonds. The van der Waals surface area contributed by atoms with Gasteiger partial charge in [-0.05, 0) is 12.8 Å². The molecule has 2 nitrogen and oxygen atoms in total. The number of alkyl halides is 1. The largest absolute Gasteiger partial charge is 0.355 e. The highest BCUT2D eigenvalue weighted by Crippen LogP contribution is 2.06. The van der Waals surface area contributed by atoms with Crippen LogP contribution in [0.15, 0.2) is 0 Å². The lowest BCUT2D eigenvalue weighted by molar-refractivity contribution is -0.121. The van der Waals surface area contributed by atoms with E-state index in [9.17, 15) is 4.79 Å². The fraction of sp³-hybridized carbons (Fsp3) is 0.923. The van der Waals surface area contributed by atoms with E-state index in [2.05, 4.69) is 19.2 Å². The van der Waals surface area contributed by atoms with Crippen molar-refractivity contribution in [3.63, 3.8) is 0 Å². The van der Waals surface area contributed by atoms with Crippen molar-refractivity contribution < 1.29 is 4.79 Å². The van der Waals surface area contributed by atoms with Gasteiger partial charge in [0.2, 0.25) is 5.91 Å². The molecule has 0 aliphatic heterocycles. The number of carbonyl (C=O) groups is 1. The first-order valence-electron chi connectivity index (χ1n) is 6.61. The van der Waals surface area contributed by atoms with Gasteiger partial charge in [-0.1, -0.05) is 46.0 Å². The molecule has 0 aliphatic rings. The van der Waals surface area contributed by atoms with Crippen LogP contribution < -0.4 is 5.32 Å². The third-order valence-electron chi connectivity index (χ3n) is 2.63. The van der Waals surface area contributed by atoms with E-state index >= 15 is 0 Å². The predicted octanol–water partition coefficient (Wildman–Crippen LogP) is 3.87. The summed E-state index contributed by atoms with van der Waals surface area (Å²) < 4.78 is 0. The highest BCUT2D eigenvalue weighted by Gasteiger charge is 2.05. The molecule has 3 heteroatoms. The van der Waals surface area contributed by atoms with Crippen LogP contribution in [0.25, 0.3) is 0 Å². The van der Waals surface area contributed by atoms with E-state index in [4.69, 9.17) is 11.6 Å². The zero-order chi connectivity index (χ0) is 12.2. The molecule has 16 heavy (non-hydrogen) atoms. The second-order valence-electron chi connectivity index (χ2n) is 4.35. The minimum absolute atomic E-state index is 0.0917. The normalized spacial score (nSPS) is 12.4. The van der Waals surface area contributed by atoms with Gasteiger partial charge < -0.3 is 5.32 Å². The number of unbranched alkanes of at least 4 members (excludes halogenated alkanes) is 4. The molecule has 0 rings (SSSR count). The zero-order valence-electron chi connectivity index (χ0n) is 10.7. The number of amides is 1. The van der Waals surface area contributed by atoms with Gasteiger partial charge in [-0.3, -0.25) is 4.79 Å². The minimum Gasteiger partial charge on any atom is -0.355 e. The van der Waals surface area contributed by atoms with Gasteiger partial charge >= 0.3 is 0 Å². The van der Waals surface area contributed by atoms with Gasteiger partial charge in [0.15, 0.2) is 0 Å². The lowest BCUT2D eigenvalue weighted by Crippen LogP contribution is -2.29. The summed E-state index contributed by atoms with van der Waals surface area (Å²) >= 11 is 6.01. The molecule has 0 aromatic carbocycles. The zero-order valence-corrected chi connectivity index (χ0v) is 11.5. The van der Waals surface area contributed by atoms with Gasteiger partial charge in [-0.2, -0.15) is 0 Å². The van der Waals surface area contributed by atoms with E-state index in [1.54, 1.807) is 0 Å².